The zero-order chi connectivity index (χ0) is 13.9. The molecule has 98 valence electrons. The van der Waals surface area contributed by atoms with Gasteiger partial charge >= 0.3 is 12.1 Å². The molecule has 1 atom stereocenters. The van der Waals surface area contributed by atoms with Gasteiger partial charge in [-0.1, -0.05) is 12.1 Å². The van der Waals surface area contributed by atoms with E-state index in [0.29, 0.717) is 0 Å². The van der Waals surface area contributed by atoms with Crippen LogP contribution in [0.5, 0.6) is 0 Å². The van der Waals surface area contributed by atoms with Gasteiger partial charge < -0.3 is 10.2 Å². The van der Waals surface area contributed by atoms with Crippen LogP contribution in [0.2, 0.25) is 0 Å². The van der Waals surface area contributed by atoms with E-state index in [1.54, 1.807) is 0 Å². The van der Waals surface area contributed by atoms with Gasteiger partial charge in [0.05, 0.1) is 5.56 Å². The molecule has 0 bridgehead atoms. The van der Waals surface area contributed by atoms with E-state index in [-0.39, 0.29) is 5.56 Å². The monoisotopic (exact) mass is 262 g/mol. The van der Waals surface area contributed by atoms with E-state index in [2.05, 4.69) is 0 Å². The lowest BCUT2D eigenvalue weighted by molar-refractivity contribution is -0.146. The minimum atomic E-state index is -4.50. The fourth-order valence-corrected chi connectivity index (χ4v) is 1.23. The molecular formula is C11H9F3O4. The Morgan fingerprint density at radius 1 is 1.17 bits per heavy atom. The van der Waals surface area contributed by atoms with Gasteiger partial charge in [0.15, 0.2) is 11.9 Å². The van der Waals surface area contributed by atoms with Gasteiger partial charge in [0.1, 0.15) is 0 Å². The van der Waals surface area contributed by atoms with Crippen LogP contribution < -0.4 is 0 Å². The minimum absolute atomic E-state index is 0.0803. The van der Waals surface area contributed by atoms with Crippen LogP contribution in [-0.4, -0.2) is 28.1 Å². The molecule has 1 unspecified atom stereocenters. The predicted molar refractivity (Wildman–Crippen MR) is 54.0 cm³/mol. The molecule has 0 spiro atoms. The second-order valence-corrected chi connectivity index (χ2v) is 3.56. The third-order valence-corrected chi connectivity index (χ3v) is 2.20. The number of hydrogen-bond acceptors (Lipinski definition) is 3. The first-order valence-corrected chi connectivity index (χ1v) is 4.83. The molecule has 0 aliphatic heterocycles. The van der Waals surface area contributed by atoms with Crippen molar-refractivity contribution in [3.63, 3.8) is 0 Å². The molecule has 0 fully saturated rings. The number of carbonyl (C=O) groups excluding carboxylic acids is 1. The number of carbonyl (C=O) groups is 2. The van der Waals surface area contributed by atoms with Crippen LogP contribution in [-0.2, 0) is 11.0 Å². The molecule has 0 aromatic heterocycles. The van der Waals surface area contributed by atoms with Crippen LogP contribution in [0.25, 0.3) is 0 Å². The van der Waals surface area contributed by atoms with Crippen LogP contribution in [0, 0.1) is 0 Å². The summed E-state index contributed by atoms with van der Waals surface area (Å²) in [5, 5.41) is 17.3. The highest BCUT2D eigenvalue weighted by atomic mass is 19.4. The molecule has 0 heterocycles. The maximum absolute atomic E-state index is 12.2. The Morgan fingerprint density at radius 2 is 1.67 bits per heavy atom. The zero-order valence-electron chi connectivity index (χ0n) is 8.94. The van der Waals surface area contributed by atoms with Crippen molar-refractivity contribution in [1.29, 1.82) is 0 Å². The van der Waals surface area contributed by atoms with Crippen LogP contribution in [0.3, 0.4) is 0 Å². The average Bonchev–Trinajstić information content (AvgIpc) is 2.27. The molecule has 0 aliphatic rings. The van der Waals surface area contributed by atoms with E-state index >= 15 is 0 Å². The summed E-state index contributed by atoms with van der Waals surface area (Å²) in [5.74, 6) is -2.30. The topological polar surface area (TPSA) is 74.6 Å². The van der Waals surface area contributed by atoms with E-state index in [1.165, 1.54) is 0 Å². The van der Waals surface area contributed by atoms with Gasteiger partial charge in [-0.3, -0.25) is 4.79 Å². The lowest BCUT2D eigenvalue weighted by Gasteiger charge is -2.08. The molecular weight excluding hydrogens is 253 g/mol. The lowest BCUT2D eigenvalue weighted by atomic mass is 10.0. The maximum atomic E-state index is 12.2. The summed E-state index contributed by atoms with van der Waals surface area (Å²) >= 11 is 0. The average molecular weight is 262 g/mol. The van der Waals surface area contributed by atoms with Gasteiger partial charge in [0, 0.05) is 12.0 Å². The summed E-state index contributed by atoms with van der Waals surface area (Å²) in [6.07, 6.45) is -7.04. The molecule has 1 aromatic carbocycles. The third kappa shape index (κ3) is 3.56. The van der Waals surface area contributed by atoms with Crippen molar-refractivity contribution in [2.45, 2.75) is 18.7 Å². The van der Waals surface area contributed by atoms with Gasteiger partial charge in [0.25, 0.3) is 0 Å². The fourth-order valence-electron chi connectivity index (χ4n) is 1.23. The molecule has 0 amide bonds. The van der Waals surface area contributed by atoms with Gasteiger partial charge in [-0.05, 0) is 12.1 Å². The van der Waals surface area contributed by atoms with Crippen molar-refractivity contribution in [2.24, 2.45) is 0 Å². The highest BCUT2D eigenvalue weighted by molar-refractivity contribution is 5.98. The highest BCUT2D eigenvalue weighted by Crippen LogP contribution is 2.29. The number of aliphatic carboxylic acids is 1. The second kappa shape index (κ2) is 5.18. The Morgan fingerprint density at radius 3 is 2.06 bits per heavy atom. The molecule has 1 aromatic rings. The number of Topliss-reactive ketones (excluding diaryl/α,β-unsaturated/α-hetero) is 1. The number of carboxylic acid groups (broad SMARTS) is 1. The fraction of sp³-hybridized carbons (Fsp3) is 0.273. The third-order valence-electron chi connectivity index (χ3n) is 2.20. The summed E-state index contributed by atoms with van der Waals surface area (Å²) in [6.45, 7) is 0. The first kappa shape index (κ1) is 14.2. The van der Waals surface area contributed by atoms with Gasteiger partial charge in [0.2, 0.25) is 0 Å². The number of rotatable bonds is 4. The number of ketones is 1. The molecule has 4 nitrogen and oxygen atoms in total. The Bertz CT molecular complexity index is 450. The van der Waals surface area contributed by atoms with Crippen LogP contribution in [0.4, 0.5) is 13.2 Å². The molecule has 0 radical (unpaired) electrons. The van der Waals surface area contributed by atoms with E-state index in [4.69, 9.17) is 10.2 Å². The number of aliphatic hydroxyl groups excluding tert-OH is 1. The number of carboxylic acids is 1. The first-order chi connectivity index (χ1) is 8.21. The quantitative estimate of drug-likeness (QED) is 0.810. The van der Waals surface area contributed by atoms with Crippen molar-refractivity contribution in [3.8, 4) is 0 Å². The molecule has 2 N–H and O–H groups in total. The number of aliphatic hydroxyl groups is 1. The normalized spacial score (nSPS) is 13.1. The molecule has 7 heteroatoms. The minimum Gasteiger partial charge on any atom is -0.479 e. The van der Waals surface area contributed by atoms with E-state index in [0.717, 1.165) is 24.3 Å². The standard InChI is InChI=1S/C11H9F3O4/c12-11(13,14)7-3-1-6(2-4-7)8(15)5-9(16)10(17)18/h1-4,9,16H,5H2,(H,17,18). The van der Waals surface area contributed by atoms with Crippen molar-refractivity contribution in [2.75, 3.05) is 0 Å². The lowest BCUT2D eigenvalue weighted by Crippen LogP contribution is -2.23. The Hall–Kier alpha value is -1.89. The van der Waals surface area contributed by atoms with Gasteiger partial charge in [-0.15, -0.1) is 0 Å². The summed E-state index contributed by atoms with van der Waals surface area (Å²) in [5.41, 5.74) is -0.985. The van der Waals surface area contributed by atoms with E-state index < -0.39 is 36.0 Å². The van der Waals surface area contributed by atoms with Crippen molar-refractivity contribution in [3.05, 3.63) is 35.4 Å². The molecule has 0 saturated carbocycles. The highest BCUT2D eigenvalue weighted by Gasteiger charge is 2.30. The Labute approximate surface area is 99.7 Å². The summed E-state index contributed by atoms with van der Waals surface area (Å²) < 4.78 is 36.7. The SMILES string of the molecule is O=C(CC(O)C(=O)O)c1ccc(C(F)(F)F)cc1. The first-order valence-electron chi connectivity index (χ1n) is 4.83. The Balaban J connectivity index is 2.80. The second-order valence-electron chi connectivity index (χ2n) is 3.56. The smallest absolute Gasteiger partial charge is 0.416 e. The zero-order valence-corrected chi connectivity index (χ0v) is 8.94. The van der Waals surface area contributed by atoms with Gasteiger partial charge in [-0.2, -0.15) is 13.2 Å². The number of hydrogen-bond donors (Lipinski definition) is 2. The Kier molecular flexibility index (Phi) is 4.07. The summed E-state index contributed by atoms with van der Waals surface area (Å²) in [7, 11) is 0. The van der Waals surface area contributed by atoms with Crippen molar-refractivity contribution >= 4 is 11.8 Å². The molecule has 0 aliphatic carbocycles. The summed E-state index contributed by atoms with van der Waals surface area (Å²) in [6, 6.07) is 3.33. The summed E-state index contributed by atoms with van der Waals surface area (Å²) in [4.78, 5) is 21.7. The largest absolute Gasteiger partial charge is 0.479 e. The predicted octanol–water partition coefficient (Wildman–Crippen LogP) is 1.72. The van der Waals surface area contributed by atoms with Crippen LogP contribution in [0.1, 0.15) is 22.3 Å². The number of alkyl halides is 3. The van der Waals surface area contributed by atoms with Crippen LogP contribution in [0.15, 0.2) is 24.3 Å². The number of benzene rings is 1. The van der Waals surface area contributed by atoms with Crippen molar-refractivity contribution in [1.82, 2.24) is 0 Å². The van der Waals surface area contributed by atoms with Crippen molar-refractivity contribution < 1.29 is 33.0 Å². The van der Waals surface area contributed by atoms with E-state index in [1.807, 2.05) is 0 Å². The molecule has 0 saturated heterocycles. The van der Waals surface area contributed by atoms with Crippen LogP contribution >= 0.6 is 0 Å². The van der Waals surface area contributed by atoms with Gasteiger partial charge in [-0.25, -0.2) is 4.79 Å². The molecule has 18 heavy (non-hydrogen) atoms. The van der Waals surface area contributed by atoms with E-state index in [9.17, 15) is 22.8 Å². The number of halogens is 3. The molecule has 1 rings (SSSR count). The maximum Gasteiger partial charge on any atom is 0.416 e.